The van der Waals surface area contributed by atoms with Crippen LogP contribution in [0.15, 0.2) is 0 Å². The fourth-order valence-electron chi connectivity index (χ4n) is 0.0962. The minimum absolute atomic E-state index is 0. The van der Waals surface area contributed by atoms with Crippen LogP contribution in [0.4, 0.5) is 0 Å². The maximum absolute atomic E-state index is 9.36. The van der Waals surface area contributed by atoms with Crippen molar-refractivity contribution in [3.05, 3.63) is 0 Å². The molecule has 0 aliphatic carbocycles. The summed E-state index contributed by atoms with van der Waals surface area (Å²) in [5, 5.41) is 26.6. The monoisotopic (exact) mass is 164 g/mol. The quantitative estimate of drug-likeness (QED) is 0.322. The molecule has 0 amide bonds. The van der Waals surface area contributed by atoms with E-state index in [0.29, 0.717) is 0 Å². The van der Waals surface area contributed by atoms with Crippen LogP contribution in [0, 0.1) is 0 Å². The minimum atomic E-state index is -2.52. The summed E-state index contributed by atoms with van der Waals surface area (Å²) >= 11 is 0. The summed E-state index contributed by atoms with van der Waals surface area (Å²) in [6, 6.07) is 0. The summed E-state index contributed by atoms with van der Waals surface area (Å²) in [6.07, 6.45) is -2.52. The van der Waals surface area contributed by atoms with Crippen LogP contribution in [0.1, 0.15) is 0 Å². The Morgan fingerprint density at radius 3 is 1.30 bits per heavy atom. The molecule has 0 aromatic carbocycles. The van der Waals surface area contributed by atoms with Crippen molar-refractivity contribution in [1.82, 2.24) is 0 Å². The summed E-state index contributed by atoms with van der Waals surface area (Å²) in [5.41, 5.74) is 0. The average Bonchev–Trinajstić information content (AvgIpc) is 1.64. The number of hydrogen-bond acceptors (Lipinski definition) is 5. The SMILES string of the molecule is O=C([O-])C(O)C(=O)[O-].[Na+].[Na+]. The number of hydrogen-bond donors (Lipinski definition) is 1. The van der Waals surface area contributed by atoms with Crippen molar-refractivity contribution >= 4 is 11.9 Å². The molecule has 0 aromatic heterocycles. The molecule has 0 radical (unpaired) electrons. The molecule has 0 bridgehead atoms. The standard InChI is InChI=1S/C3H4O5.2Na/c4-1(2(5)6)3(7)8;;/h1,4H,(H,5,6)(H,7,8);;/q;2*+1/p-2. The summed E-state index contributed by atoms with van der Waals surface area (Å²) in [4.78, 5) is 18.7. The topological polar surface area (TPSA) is 100 Å². The van der Waals surface area contributed by atoms with Crippen molar-refractivity contribution in [1.29, 1.82) is 0 Å². The first-order valence-corrected chi connectivity index (χ1v) is 1.65. The zero-order valence-corrected chi connectivity index (χ0v) is 9.66. The molecule has 5 nitrogen and oxygen atoms in total. The van der Waals surface area contributed by atoms with E-state index in [1.807, 2.05) is 0 Å². The fraction of sp³-hybridized carbons (Fsp3) is 0.333. The second kappa shape index (κ2) is 8.00. The molecular formula is C3H2Na2O5. The Hall–Kier alpha value is 0.900. The largest absolute Gasteiger partial charge is 1.00 e. The third-order valence-corrected chi connectivity index (χ3v) is 0.447. The molecule has 0 atom stereocenters. The van der Waals surface area contributed by atoms with Gasteiger partial charge in [-0.15, -0.1) is 0 Å². The Morgan fingerprint density at radius 1 is 1.10 bits per heavy atom. The van der Waals surface area contributed by atoms with Gasteiger partial charge in [0.25, 0.3) is 0 Å². The number of carboxylic acids is 2. The Morgan fingerprint density at radius 2 is 1.30 bits per heavy atom. The van der Waals surface area contributed by atoms with E-state index in [0.717, 1.165) is 0 Å². The smallest absolute Gasteiger partial charge is 0.547 e. The summed E-state index contributed by atoms with van der Waals surface area (Å²) in [6.45, 7) is 0. The van der Waals surface area contributed by atoms with Crippen LogP contribution in [0.25, 0.3) is 0 Å². The summed E-state index contributed by atoms with van der Waals surface area (Å²) < 4.78 is 0. The van der Waals surface area contributed by atoms with Crippen LogP contribution in [0.3, 0.4) is 0 Å². The number of aliphatic carboxylic acids is 2. The Bertz CT molecular complexity index is 110. The van der Waals surface area contributed by atoms with Crippen LogP contribution in [-0.2, 0) is 9.59 Å². The average molecular weight is 164 g/mol. The first kappa shape index (κ1) is 17.1. The van der Waals surface area contributed by atoms with Crippen LogP contribution in [-0.4, -0.2) is 23.1 Å². The predicted molar refractivity (Wildman–Crippen MR) is 16.0 cm³/mol. The molecular weight excluding hydrogens is 162 g/mol. The molecule has 0 fully saturated rings. The van der Waals surface area contributed by atoms with Crippen molar-refractivity contribution in [3.63, 3.8) is 0 Å². The minimum Gasteiger partial charge on any atom is -0.547 e. The second-order valence-corrected chi connectivity index (χ2v) is 1.04. The van der Waals surface area contributed by atoms with E-state index in [2.05, 4.69) is 0 Å². The van der Waals surface area contributed by atoms with E-state index in [1.54, 1.807) is 0 Å². The van der Waals surface area contributed by atoms with Gasteiger partial charge in [-0.1, -0.05) is 0 Å². The number of carbonyl (C=O) groups excluding carboxylic acids is 2. The molecule has 0 unspecified atom stereocenters. The molecule has 0 aliphatic heterocycles. The van der Waals surface area contributed by atoms with E-state index in [-0.39, 0.29) is 59.1 Å². The molecule has 0 spiro atoms. The second-order valence-electron chi connectivity index (χ2n) is 1.04. The van der Waals surface area contributed by atoms with Gasteiger partial charge in [0.15, 0.2) is 0 Å². The first-order chi connectivity index (χ1) is 3.55. The van der Waals surface area contributed by atoms with Gasteiger partial charge in [-0.25, -0.2) is 0 Å². The molecule has 0 aromatic rings. The van der Waals surface area contributed by atoms with Gasteiger partial charge in [0.1, 0.15) is 6.10 Å². The molecule has 0 saturated heterocycles. The maximum Gasteiger partial charge on any atom is 1.00 e. The summed E-state index contributed by atoms with van der Waals surface area (Å²) in [7, 11) is 0. The molecule has 10 heavy (non-hydrogen) atoms. The van der Waals surface area contributed by atoms with Gasteiger partial charge in [0, 0.05) is 0 Å². The van der Waals surface area contributed by atoms with Crippen LogP contribution in [0.5, 0.6) is 0 Å². The van der Waals surface area contributed by atoms with Gasteiger partial charge in [-0.2, -0.15) is 0 Å². The number of aliphatic hydroxyl groups excluding tert-OH is 1. The van der Waals surface area contributed by atoms with E-state index in [4.69, 9.17) is 5.11 Å². The first-order valence-electron chi connectivity index (χ1n) is 1.65. The fourth-order valence-corrected chi connectivity index (χ4v) is 0.0962. The zero-order valence-electron chi connectivity index (χ0n) is 5.66. The van der Waals surface area contributed by atoms with Crippen molar-refractivity contribution < 1.29 is 84.0 Å². The van der Waals surface area contributed by atoms with Gasteiger partial charge >= 0.3 is 59.1 Å². The maximum atomic E-state index is 9.36. The van der Waals surface area contributed by atoms with Gasteiger partial charge in [-0.05, 0) is 0 Å². The number of carbonyl (C=O) groups is 2. The van der Waals surface area contributed by atoms with Crippen molar-refractivity contribution in [2.45, 2.75) is 6.10 Å². The molecule has 7 heteroatoms. The number of aliphatic hydroxyl groups is 1. The molecule has 0 rings (SSSR count). The predicted octanol–water partition coefficient (Wildman–Crippen LogP) is -10.1. The van der Waals surface area contributed by atoms with Gasteiger partial charge in [-0.3, -0.25) is 0 Å². The zero-order chi connectivity index (χ0) is 6.73. The van der Waals surface area contributed by atoms with Crippen molar-refractivity contribution in [3.8, 4) is 0 Å². The van der Waals surface area contributed by atoms with E-state index >= 15 is 0 Å². The Labute approximate surface area is 101 Å². The summed E-state index contributed by atoms with van der Waals surface area (Å²) in [5.74, 6) is -4.13. The molecule has 0 heterocycles. The number of rotatable bonds is 2. The Balaban J connectivity index is -0.000000245. The molecule has 0 saturated carbocycles. The third kappa shape index (κ3) is 7.01. The normalized spacial score (nSPS) is 7.40. The van der Waals surface area contributed by atoms with E-state index < -0.39 is 18.0 Å². The number of carboxylic acid groups (broad SMARTS) is 2. The molecule has 0 aliphatic rings. The molecule has 46 valence electrons. The van der Waals surface area contributed by atoms with Crippen LogP contribution >= 0.6 is 0 Å². The third-order valence-electron chi connectivity index (χ3n) is 0.447. The Kier molecular flexibility index (Phi) is 13.7. The molecule has 1 N–H and O–H groups in total. The van der Waals surface area contributed by atoms with Crippen LogP contribution in [0.2, 0.25) is 0 Å². The van der Waals surface area contributed by atoms with E-state index in [1.165, 1.54) is 0 Å². The van der Waals surface area contributed by atoms with Gasteiger partial charge < -0.3 is 24.9 Å². The van der Waals surface area contributed by atoms with Crippen molar-refractivity contribution in [2.75, 3.05) is 0 Å². The van der Waals surface area contributed by atoms with E-state index in [9.17, 15) is 19.8 Å². The van der Waals surface area contributed by atoms with Crippen molar-refractivity contribution in [2.24, 2.45) is 0 Å². The van der Waals surface area contributed by atoms with Gasteiger partial charge in [0.2, 0.25) is 0 Å². The van der Waals surface area contributed by atoms with Gasteiger partial charge in [0.05, 0.1) is 11.9 Å². The van der Waals surface area contributed by atoms with Crippen LogP contribution < -0.4 is 69.3 Å².